The lowest BCUT2D eigenvalue weighted by Gasteiger charge is -2.12. The van der Waals surface area contributed by atoms with Gasteiger partial charge in [-0.2, -0.15) is 0 Å². The van der Waals surface area contributed by atoms with Crippen LogP contribution in [0.1, 0.15) is 11.1 Å². The molecular weight excluding hydrogens is 436 g/mol. The Morgan fingerprint density at radius 1 is 1.06 bits per heavy atom. The fourth-order valence-corrected chi connectivity index (χ4v) is 4.02. The number of rotatable bonds is 6. The molecule has 4 rings (SSSR count). The van der Waals surface area contributed by atoms with Crippen LogP contribution in [0.5, 0.6) is 11.5 Å². The van der Waals surface area contributed by atoms with Gasteiger partial charge in [-0.05, 0) is 71.4 Å². The van der Waals surface area contributed by atoms with Crippen molar-refractivity contribution in [2.45, 2.75) is 6.61 Å². The third kappa shape index (κ3) is 4.73. The van der Waals surface area contributed by atoms with Crippen molar-refractivity contribution >= 4 is 46.3 Å². The van der Waals surface area contributed by atoms with Gasteiger partial charge < -0.3 is 9.47 Å². The highest BCUT2D eigenvalue weighted by Gasteiger charge is 2.36. The predicted molar refractivity (Wildman–Crippen MR) is 121 cm³/mol. The number of ether oxygens (including phenoxy) is 2. The average molecular weight is 453 g/mol. The lowest BCUT2D eigenvalue weighted by atomic mass is 10.1. The van der Waals surface area contributed by atoms with Gasteiger partial charge in [0.05, 0.1) is 17.7 Å². The summed E-state index contributed by atoms with van der Waals surface area (Å²) in [5, 5.41) is 0.0791. The zero-order valence-electron chi connectivity index (χ0n) is 16.4. The molecule has 8 heteroatoms. The number of carbonyl (C=O) groups is 2. The molecule has 6 nitrogen and oxygen atoms in total. The Morgan fingerprint density at radius 3 is 2.61 bits per heavy atom. The van der Waals surface area contributed by atoms with Crippen LogP contribution in [0.3, 0.4) is 0 Å². The van der Waals surface area contributed by atoms with Crippen molar-refractivity contribution in [1.29, 1.82) is 0 Å². The molecule has 0 spiro atoms. The fraction of sp³-hybridized carbons (Fsp3) is 0.0870. The Balaban J connectivity index is 1.54. The molecule has 2 heterocycles. The highest BCUT2D eigenvalue weighted by molar-refractivity contribution is 8.19. The molecule has 1 aromatic heterocycles. The summed E-state index contributed by atoms with van der Waals surface area (Å²) in [7, 11) is 1.55. The highest BCUT2D eigenvalue weighted by Crippen LogP contribution is 2.37. The number of hydrogen-bond donors (Lipinski definition) is 0. The molecular formula is C23H17ClN2O4S. The van der Waals surface area contributed by atoms with Crippen molar-refractivity contribution in [2.75, 3.05) is 12.0 Å². The number of anilines is 1. The first-order valence-electron chi connectivity index (χ1n) is 9.28. The van der Waals surface area contributed by atoms with E-state index in [0.29, 0.717) is 39.3 Å². The first-order valence-corrected chi connectivity index (χ1v) is 10.5. The van der Waals surface area contributed by atoms with Crippen LogP contribution in [0.15, 0.2) is 71.9 Å². The number of amides is 2. The van der Waals surface area contributed by atoms with E-state index in [1.807, 2.05) is 12.1 Å². The predicted octanol–water partition coefficient (Wildman–Crippen LogP) is 5.56. The Bertz CT molecular complexity index is 1170. The van der Waals surface area contributed by atoms with E-state index in [9.17, 15) is 9.59 Å². The Morgan fingerprint density at radius 2 is 1.87 bits per heavy atom. The number of hydrogen-bond acceptors (Lipinski definition) is 6. The largest absolute Gasteiger partial charge is 0.493 e. The van der Waals surface area contributed by atoms with E-state index in [1.165, 1.54) is 0 Å². The number of methoxy groups -OCH3 is 1. The monoisotopic (exact) mass is 452 g/mol. The normalized spacial score (nSPS) is 14.9. The molecule has 0 saturated carbocycles. The lowest BCUT2D eigenvalue weighted by Crippen LogP contribution is -2.27. The van der Waals surface area contributed by atoms with E-state index in [2.05, 4.69) is 4.98 Å². The van der Waals surface area contributed by atoms with Crippen molar-refractivity contribution in [3.05, 3.63) is 88.0 Å². The number of nitrogens with zero attached hydrogens (tertiary/aromatic N) is 2. The molecule has 3 aromatic rings. The molecule has 0 aliphatic carbocycles. The van der Waals surface area contributed by atoms with Crippen LogP contribution in [-0.4, -0.2) is 23.2 Å². The molecule has 1 fully saturated rings. The number of benzene rings is 2. The summed E-state index contributed by atoms with van der Waals surface area (Å²) < 4.78 is 11.3. The minimum atomic E-state index is -0.394. The summed E-state index contributed by atoms with van der Waals surface area (Å²) in [4.78, 5) is 30.7. The number of thioether (sulfide) groups is 1. The van der Waals surface area contributed by atoms with Crippen LogP contribution < -0.4 is 14.4 Å². The average Bonchev–Trinajstić information content (AvgIpc) is 3.06. The molecule has 0 atom stereocenters. The van der Waals surface area contributed by atoms with Crippen LogP contribution >= 0.6 is 23.4 Å². The quantitative estimate of drug-likeness (QED) is 0.456. The maximum absolute atomic E-state index is 12.8. The van der Waals surface area contributed by atoms with Crippen molar-refractivity contribution in [1.82, 2.24) is 4.98 Å². The van der Waals surface area contributed by atoms with Gasteiger partial charge in [-0.15, -0.1) is 0 Å². The van der Waals surface area contributed by atoms with Gasteiger partial charge in [0.15, 0.2) is 11.5 Å². The summed E-state index contributed by atoms with van der Waals surface area (Å²) in [5.41, 5.74) is 2.14. The smallest absolute Gasteiger partial charge is 0.298 e. The third-order valence-corrected chi connectivity index (χ3v) is 5.59. The van der Waals surface area contributed by atoms with Crippen molar-refractivity contribution in [2.24, 2.45) is 0 Å². The maximum Gasteiger partial charge on any atom is 0.298 e. The summed E-state index contributed by atoms with van der Waals surface area (Å²) in [6.07, 6.45) is 5.07. The molecule has 1 aliphatic heterocycles. The standard InChI is InChI=1S/C23H17ClN2O4S/c1-29-20-11-16(5-6-19(20)30-14-15-7-9-25-10-8-15)12-21-22(27)26(23(28)31-21)18-4-2-3-17(24)13-18/h2-13H,14H2,1H3/b21-12-. The first-order chi connectivity index (χ1) is 15.0. The summed E-state index contributed by atoms with van der Waals surface area (Å²) in [6.45, 7) is 0.372. The summed E-state index contributed by atoms with van der Waals surface area (Å²) >= 11 is 6.88. The minimum absolute atomic E-state index is 0.317. The number of carbonyl (C=O) groups excluding carboxylic acids is 2. The lowest BCUT2D eigenvalue weighted by molar-refractivity contribution is -0.113. The van der Waals surface area contributed by atoms with E-state index in [-0.39, 0.29) is 5.24 Å². The van der Waals surface area contributed by atoms with Crippen LogP contribution in [0.4, 0.5) is 10.5 Å². The minimum Gasteiger partial charge on any atom is -0.493 e. The fourth-order valence-electron chi connectivity index (χ4n) is 2.99. The maximum atomic E-state index is 12.8. The molecule has 0 radical (unpaired) electrons. The van der Waals surface area contributed by atoms with E-state index >= 15 is 0 Å². The van der Waals surface area contributed by atoms with Crippen molar-refractivity contribution in [3.8, 4) is 11.5 Å². The van der Waals surface area contributed by atoms with Gasteiger partial charge in [-0.1, -0.05) is 23.7 Å². The van der Waals surface area contributed by atoms with Crippen LogP contribution in [0.2, 0.25) is 5.02 Å². The molecule has 0 bridgehead atoms. The molecule has 0 N–H and O–H groups in total. The zero-order valence-corrected chi connectivity index (χ0v) is 18.0. The van der Waals surface area contributed by atoms with Crippen molar-refractivity contribution in [3.63, 3.8) is 0 Å². The van der Waals surface area contributed by atoms with Gasteiger partial charge in [0.2, 0.25) is 0 Å². The SMILES string of the molecule is COc1cc(/C=C2\SC(=O)N(c3cccc(Cl)c3)C2=O)ccc1OCc1ccncc1. The van der Waals surface area contributed by atoms with E-state index in [4.69, 9.17) is 21.1 Å². The molecule has 156 valence electrons. The summed E-state index contributed by atoms with van der Waals surface area (Å²) in [5.74, 6) is 0.703. The molecule has 31 heavy (non-hydrogen) atoms. The topological polar surface area (TPSA) is 68.7 Å². The number of halogens is 1. The Kier molecular flexibility index (Phi) is 6.25. The van der Waals surface area contributed by atoms with Gasteiger partial charge in [0, 0.05) is 17.4 Å². The number of pyridine rings is 1. The van der Waals surface area contributed by atoms with E-state index in [0.717, 1.165) is 22.2 Å². The second-order valence-electron chi connectivity index (χ2n) is 6.55. The molecule has 0 unspecified atom stereocenters. The van der Waals surface area contributed by atoms with Crippen LogP contribution in [-0.2, 0) is 11.4 Å². The Hall–Kier alpha value is -3.29. The molecule has 2 amide bonds. The summed E-state index contributed by atoms with van der Waals surface area (Å²) in [6, 6.07) is 15.7. The van der Waals surface area contributed by atoms with Gasteiger partial charge in [0.25, 0.3) is 11.1 Å². The zero-order chi connectivity index (χ0) is 21.8. The second kappa shape index (κ2) is 9.24. The van der Waals surface area contributed by atoms with Gasteiger partial charge in [-0.3, -0.25) is 14.6 Å². The highest BCUT2D eigenvalue weighted by atomic mass is 35.5. The van der Waals surface area contributed by atoms with Gasteiger partial charge in [0.1, 0.15) is 6.61 Å². The second-order valence-corrected chi connectivity index (χ2v) is 7.98. The van der Waals surface area contributed by atoms with Gasteiger partial charge in [-0.25, -0.2) is 4.90 Å². The number of imide groups is 1. The van der Waals surface area contributed by atoms with E-state index < -0.39 is 5.91 Å². The van der Waals surface area contributed by atoms with E-state index in [1.54, 1.807) is 68.0 Å². The van der Waals surface area contributed by atoms with Crippen LogP contribution in [0, 0.1) is 0 Å². The van der Waals surface area contributed by atoms with Gasteiger partial charge >= 0.3 is 0 Å². The first kappa shape index (κ1) is 21.0. The number of aromatic nitrogens is 1. The molecule has 1 aliphatic rings. The van der Waals surface area contributed by atoms with Crippen molar-refractivity contribution < 1.29 is 19.1 Å². The van der Waals surface area contributed by atoms with Crippen LogP contribution in [0.25, 0.3) is 6.08 Å². The molecule has 2 aromatic carbocycles. The molecule has 1 saturated heterocycles. The Labute approximate surface area is 188 Å². The third-order valence-electron chi connectivity index (χ3n) is 4.49.